The average Bonchev–Trinajstić information content (AvgIpc) is 1.63. The lowest BCUT2D eigenvalue weighted by Crippen LogP contribution is -2.19. The molecule has 1 atom stereocenters. The van der Waals surface area contributed by atoms with Gasteiger partial charge in [0.1, 0.15) is 59.1 Å². The number of amidine groups is 8. The van der Waals surface area contributed by atoms with E-state index in [0.29, 0.717) is 57.7 Å². The number of aromatic amines is 4. The van der Waals surface area contributed by atoms with Crippen LogP contribution in [0.4, 0.5) is 0 Å². The van der Waals surface area contributed by atoms with E-state index in [-0.39, 0.29) is 78.0 Å². The zero-order valence-electron chi connectivity index (χ0n) is 62.5. The summed E-state index contributed by atoms with van der Waals surface area (Å²) in [4.78, 5) is 65.5. The Morgan fingerprint density at radius 1 is 0.447 bits per heavy atom. The number of H-pyrrole nitrogens is 4. The number of carboxylic acid groups (broad SMARTS) is 1. The van der Waals surface area contributed by atoms with Crippen molar-refractivity contribution in [3.8, 4) is 45.0 Å². The fraction of sp³-hybridized carbons (Fsp3) is 0.143. The number of ether oxygens (including phenoxy) is 4. The number of aliphatic carboxylic acids is 1. The number of carbonyl (C=O) groups is 4. The quantitative estimate of drug-likeness (QED) is 0.00878. The third-order valence-corrected chi connectivity index (χ3v) is 19.0. The first-order valence-electron chi connectivity index (χ1n) is 35.5. The summed E-state index contributed by atoms with van der Waals surface area (Å²) in [5.41, 5.74) is 57.4. The lowest BCUT2D eigenvalue weighted by molar-refractivity contribution is -0.144. The number of rotatable bonds is 24. The summed E-state index contributed by atoms with van der Waals surface area (Å²) in [5.74, 6) is -1.10. The predicted molar refractivity (Wildman–Crippen MR) is 443 cm³/mol. The Bertz CT molecular complexity index is 5960. The van der Waals surface area contributed by atoms with Crippen molar-refractivity contribution < 1.29 is 47.6 Å². The van der Waals surface area contributed by atoms with Crippen LogP contribution in [-0.2, 0) is 52.6 Å². The molecule has 580 valence electrons. The van der Waals surface area contributed by atoms with E-state index in [1.165, 1.54) is 14.2 Å². The van der Waals surface area contributed by atoms with E-state index in [9.17, 15) is 24.3 Å². The summed E-state index contributed by atoms with van der Waals surface area (Å²) in [6, 6.07) is 54.6. The molecule has 0 amide bonds. The highest BCUT2D eigenvalue weighted by Crippen LogP contribution is 2.39. The van der Waals surface area contributed by atoms with Gasteiger partial charge >= 0.3 is 23.9 Å². The minimum Gasteiger partial charge on any atom is -0.481 e. The summed E-state index contributed by atoms with van der Waals surface area (Å²) in [7, 11) is 4.21. The first kappa shape index (κ1) is 79.8. The Labute approximate surface area is 652 Å². The molecule has 114 heavy (non-hydrogen) atoms. The molecule has 1 unspecified atom stereocenters. The van der Waals surface area contributed by atoms with Crippen LogP contribution in [0.5, 0.6) is 0 Å². The van der Waals surface area contributed by atoms with Gasteiger partial charge in [-0.15, -0.1) is 0 Å². The van der Waals surface area contributed by atoms with E-state index in [0.717, 1.165) is 135 Å². The van der Waals surface area contributed by atoms with Crippen molar-refractivity contribution >= 4 is 114 Å². The number of hydrogen-bond donors (Lipinski definition) is 20. The van der Waals surface area contributed by atoms with Gasteiger partial charge in [0.25, 0.3) is 0 Å². The normalized spacial score (nSPS) is 11.7. The standard InChI is InChI=1S/C23H21N5O3.C21H23N5O3.C20H19N5O2.C20H21N5O2/c1-30-23(29)19-9-7-15(31-19)11-17-16-8-6-14(22(26)27)10-18(16)28-20(17)12-2-4-13(5-3-12)21(24)25;1-28-8-9-29-18(27)11-16-15-7-6-14(21(24)25)10-17(15)26-19(16)12-2-4-13(5-3-12)20(22)23;21-19(22)13-5-6-14-15(10-17(26)27)18(25-16(14)9-13)11-1-3-12(4-2-11)20-23-7-8-24-20;1-10(20(26)27-2)16-14-8-7-13(19(23)24)9-15(14)25-17(16)11-3-5-12(6-4-11)18(21)22/h2-10,28H,11H2,1H3,(H3,24,25)(H3,26,27);2-7,10,26H,8-9,11H2,1H3,(H3,22,23)(H3,24,25);1-6,9,25H,7-8,10H2,(H3,21,22)(H,23,24)(H,26,27);3-10,25H,1-2H3,(H3,21,22)(H3,23,24). The smallest absolute Gasteiger partial charge is 0.373 e. The molecular formula is C84H84N20O10. The number of carboxylic acids is 1. The second kappa shape index (κ2) is 35.0. The van der Waals surface area contributed by atoms with Crippen LogP contribution in [0.15, 0.2) is 191 Å². The van der Waals surface area contributed by atoms with E-state index in [1.807, 2.05) is 91.0 Å². The third kappa shape index (κ3) is 18.1. The molecule has 0 fully saturated rings. The van der Waals surface area contributed by atoms with Crippen LogP contribution in [0, 0.1) is 37.9 Å². The summed E-state index contributed by atoms with van der Waals surface area (Å²) < 4.78 is 25.5. The van der Waals surface area contributed by atoms with Gasteiger partial charge in [-0.2, -0.15) is 0 Å². The lowest BCUT2D eigenvalue weighted by Gasteiger charge is -2.12. The van der Waals surface area contributed by atoms with E-state index in [2.05, 4.69) is 30.2 Å². The number of aliphatic imine (C=N–C) groups is 1. The molecule has 30 nitrogen and oxygen atoms in total. The molecule has 0 spiro atoms. The van der Waals surface area contributed by atoms with Gasteiger partial charge in [0.15, 0.2) is 0 Å². The average molecular weight is 1530 g/mol. The number of fused-ring (bicyclic) bond motifs is 4. The number of carbonyl (C=O) groups excluding carboxylic acids is 3. The van der Waals surface area contributed by atoms with Crippen molar-refractivity contribution in [3.05, 3.63) is 260 Å². The number of benzene rings is 8. The van der Waals surface area contributed by atoms with Crippen LogP contribution in [0.3, 0.4) is 0 Å². The molecule has 30 heteroatoms. The van der Waals surface area contributed by atoms with Gasteiger partial charge in [0.2, 0.25) is 5.76 Å². The van der Waals surface area contributed by atoms with Crippen molar-refractivity contribution in [1.82, 2.24) is 25.3 Å². The van der Waals surface area contributed by atoms with Crippen molar-refractivity contribution in [2.45, 2.75) is 32.1 Å². The molecule has 27 N–H and O–H groups in total. The van der Waals surface area contributed by atoms with Gasteiger partial charge in [-0.3, -0.25) is 57.2 Å². The first-order valence-corrected chi connectivity index (χ1v) is 35.5. The maximum Gasteiger partial charge on any atom is 0.373 e. The number of hydrogen-bond acceptors (Lipinski definition) is 18. The molecule has 1 aliphatic rings. The van der Waals surface area contributed by atoms with Gasteiger partial charge in [-0.05, 0) is 87.8 Å². The number of nitrogens with one attached hydrogen (secondary N) is 12. The molecule has 0 saturated carbocycles. The summed E-state index contributed by atoms with van der Waals surface area (Å²) in [6.07, 6.45) is 0.415. The summed E-state index contributed by atoms with van der Waals surface area (Å²) >= 11 is 0. The van der Waals surface area contributed by atoms with Gasteiger partial charge < -0.3 is 93.9 Å². The largest absolute Gasteiger partial charge is 0.481 e. The van der Waals surface area contributed by atoms with Crippen LogP contribution in [0.25, 0.3) is 88.6 Å². The molecule has 1 aliphatic heterocycles. The molecule has 0 radical (unpaired) electrons. The highest BCUT2D eigenvalue weighted by atomic mass is 16.6. The van der Waals surface area contributed by atoms with Crippen molar-refractivity contribution in [2.75, 3.05) is 47.6 Å². The van der Waals surface area contributed by atoms with Gasteiger partial charge in [-0.1, -0.05) is 146 Å². The van der Waals surface area contributed by atoms with E-state index in [4.69, 9.17) is 101 Å². The SMILES string of the molecule is COC(=O)C(C)c1c(-c2ccc(C(=N)N)cc2)[nH]c2cc(C(=N)N)ccc12.COC(=O)c1ccc(Cc2c(-c3ccc(C(=N)N)cc3)[nH]c3cc(C(=N)N)ccc23)o1.COCCOC(=O)Cc1c(-c2ccc(C(=N)N)cc2)[nH]c2cc(C(=N)N)ccc12.N=C(N)c1ccc2c(CC(=O)O)c(-c3ccc(C4=NCCN4)cc3)[nH]c2c1. The van der Waals surface area contributed by atoms with Crippen molar-refractivity contribution in [1.29, 1.82) is 37.9 Å². The second-order valence-corrected chi connectivity index (χ2v) is 26.4. The second-order valence-electron chi connectivity index (χ2n) is 26.4. The highest BCUT2D eigenvalue weighted by molar-refractivity contribution is 6.07. The Morgan fingerprint density at radius 2 is 0.816 bits per heavy atom. The Morgan fingerprint density at radius 3 is 1.21 bits per heavy atom. The molecule has 14 rings (SSSR count). The highest BCUT2D eigenvalue weighted by Gasteiger charge is 2.27. The van der Waals surface area contributed by atoms with Crippen LogP contribution >= 0.6 is 0 Å². The molecule has 13 aromatic rings. The Kier molecular flexibility index (Phi) is 24.5. The van der Waals surface area contributed by atoms with Crippen molar-refractivity contribution in [3.63, 3.8) is 0 Å². The van der Waals surface area contributed by atoms with Gasteiger partial charge in [-0.25, -0.2) is 4.79 Å². The van der Waals surface area contributed by atoms with Crippen LogP contribution in [0.2, 0.25) is 0 Å². The molecule has 5 aromatic heterocycles. The number of aromatic nitrogens is 4. The molecular weight excluding hydrogens is 1450 g/mol. The fourth-order valence-electron chi connectivity index (χ4n) is 13.2. The minimum absolute atomic E-state index is 0.000413. The van der Waals surface area contributed by atoms with Crippen molar-refractivity contribution in [2.24, 2.45) is 45.1 Å². The maximum absolute atomic E-state index is 12.3. The minimum atomic E-state index is -0.895. The number of nitrogen functional groups attached to an aromatic ring is 7. The zero-order chi connectivity index (χ0) is 81.8. The van der Waals surface area contributed by atoms with Gasteiger partial charge in [0.05, 0.1) is 68.9 Å². The zero-order valence-corrected chi connectivity index (χ0v) is 62.5. The summed E-state index contributed by atoms with van der Waals surface area (Å²) in [6.45, 7) is 3.94. The maximum atomic E-state index is 12.3. The fourth-order valence-corrected chi connectivity index (χ4v) is 13.2. The topological polar surface area (TPSA) is 575 Å². The molecule has 6 heterocycles. The Balaban J connectivity index is 0.000000150. The number of nitrogens with zero attached hydrogens (tertiary/aromatic N) is 1. The van der Waals surface area contributed by atoms with Crippen LogP contribution in [0.1, 0.15) is 95.9 Å². The first-order chi connectivity index (χ1) is 54.6. The van der Waals surface area contributed by atoms with E-state index >= 15 is 0 Å². The number of furan rings is 1. The van der Waals surface area contributed by atoms with Crippen LogP contribution < -0.4 is 45.5 Å². The Hall–Kier alpha value is -15.2. The molecule has 0 bridgehead atoms. The van der Waals surface area contributed by atoms with E-state index in [1.54, 1.807) is 105 Å². The molecule has 0 aliphatic carbocycles. The number of methoxy groups -OCH3 is 3. The van der Waals surface area contributed by atoms with E-state index < -0.39 is 17.9 Å². The van der Waals surface area contributed by atoms with Crippen LogP contribution in [-0.4, -0.2) is 143 Å². The monoisotopic (exact) mass is 1530 g/mol. The lowest BCUT2D eigenvalue weighted by atomic mass is 9.94. The summed E-state index contributed by atoms with van der Waals surface area (Å²) in [5, 5.41) is 69.4. The molecule has 8 aromatic carbocycles. The predicted octanol–water partition coefficient (Wildman–Crippen LogP) is 10.3. The molecule has 0 saturated heterocycles. The third-order valence-electron chi connectivity index (χ3n) is 19.0. The number of esters is 3. The number of nitrogens with two attached hydrogens (primary N) is 7. The van der Waals surface area contributed by atoms with Gasteiger partial charge in [0, 0.05) is 108 Å².